The highest BCUT2D eigenvalue weighted by atomic mass is 35.5. The highest BCUT2D eigenvalue weighted by molar-refractivity contribution is 5.85. The lowest BCUT2D eigenvalue weighted by atomic mass is 10.1. The summed E-state index contributed by atoms with van der Waals surface area (Å²) in [6.07, 6.45) is 1.44. The van der Waals surface area contributed by atoms with Gasteiger partial charge in [-0.25, -0.2) is 0 Å². The molecule has 2 aromatic carbocycles. The number of hydrogen-bond donors (Lipinski definition) is 1. The third-order valence-corrected chi connectivity index (χ3v) is 4.43. The maximum Gasteiger partial charge on any atom is 0.119 e. The van der Waals surface area contributed by atoms with Crippen LogP contribution in [0.3, 0.4) is 0 Å². The number of halogens is 1. The van der Waals surface area contributed by atoms with Gasteiger partial charge in [0.1, 0.15) is 17.6 Å². The molecular formula is C21H29ClN2O2. The summed E-state index contributed by atoms with van der Waals surface area (Å²) in [5.74, 6) is 1.83. The van der Waals surface area contributed by atoms with Crippen LogP contribution in [0, 0.1) is 0 Å². The van der Waals surface area contributed by atoms with Crippen LogP contribution in [-0.2, 0) is 0 Å². The molecule has 1 heterocycles. The Bertz CT molecular complexity index is 671. The van der Waals surface area contributed by atoms with E-state index >= 15 is 0 Å². The number of ether oxygens (including phenoxy) is 2. The molecule has 0 bridgehead atoms. The Kier molecular flexibility index (Phi) is 7.18. The SMILES string of the molecule is CC(C)Oc1ccc(N2CCC(Oc3ccc([C@H](C)N)cc3)C2)cc1.Cl. The van der Waals surface area contributed by atoms with E-state index in [0.717, 1.165) is 36.6 Å². The van der Waals surface area contributed by atoms with Crippen LogP contribution < -0.4 is 20.1 Å². The third-order valence-electron chi connectivity index (χ3n) is 4.43. The molecule has 2 N–H and O–H groups in total. The lowest BCUT2D eigenvalue weighted by molar-refractivity contribution is 0.225. The third kappa shape index (κ3) is 5.29. The molecule has 0 aromatic heterocycles. The van der Waals surface area contributed by atoms with Crippen molar-refractivity contribution in [2.24, 2.45) is 5.73 Å². The fourth-order valence-electron chi connectivity index (χ4n) is 3.11. The van der Waals surface area contributed by atoms with E-state index in [2.05, 4.69) is 17.0 Å². The first-order valence-electron chi connectivity index (χ1n) is 9.05. The van der Waals surface area contributed by atoms with Gasteiger partial charge in [-0.15, -0.1) is 12.4 Å². The second-order valence-electron chi connectivity index (χ2n) is 6.99. The molecule has 0 spiro atoms. The molecule has 3 rings (SSSR count). The van der Waals surface area contributed by atoms with E-state index in [0.29, 0.717) is 0 Å². The molecule has 1 aliphatic heterocycles. The topological polar surface area (TPSA) is 47.7 Å². The smallest absolute Gasteiger partial charge is 0.119 e. The zero-order valence-corrected chi connectivity index (χ0v) is 16.5. The van der Waals surface area contributed by atoms with E-state index in [1.807, 2.05) is 57.2 Å². The quantitative estimate of drug-likeness (QED) is 0.802. The van der Waals surface area contributed by atoms with Crippen molar-refractivity contribution < 1.29 is 9.47 Å². The first-order chi connectivity index (χ1) is 12.0. The summed E-state index contributed by atoms with van der Waals surface area (Å²) in [5, 5.41) is 0. The number of benzene rings is 2. The molecule has 5 heteroatoms. The lowest BCUT2D eigenvalue weighted by Gasteiger charge is -2.20. The number of nitrogens with zero attached hydrogens (tertiary/aromatic N) is 1. The van der Waals surface area contributed by atoms with Gasteiger partial charge in [-0.05, 0) is 62.7 Å². The fraction of sp³-hybridized carbons (Fsp3) is 0.429. The molecule has 0 aliphatic carbocycles. The Labute approximate surface area is 162 Å². The van der Waals surface area contributed by atoms with Gasteiger partial charge in [0.15, 0.2) is 0 Å². The highest BCUT2D eigenvalue weighted by Gasteiger charge is 2.24. The van der Waals surface area contributed by atoms with Crippen LogP contribution in [0.5, 0.6) is 11.5 Å². The average Bonchev–Trinajstić information content (AvgIpc) is 3.04. The van der Waals surface area contributed by atoms with Gasteiger partial charge in [-0.1, -0.05) is 12.1 Å². The maximum atomic E-state index is 6.13. The molecule has 0 radical (unpaired) electrons. The van der Waals surface area contributed by atoms with E-state index in [1.165, 1.54) is 5.69 Å². The Morgan fingerprint density at radius 1 is 0.962 bits per heavy atom. The van der Waals surface area contributed by atoms with Crippen LogP contribution in [0.25, 0.3) is 0 Å². The van der Waals surface area contributed by atoms with Gasteiger partial charge in [-0.2, -0.15) is 0 Å². The molecule has 2 aromatic rings. The van der Waals surface area contributed by atoms with Crippen molar-refractivity contribution in [3.63, 3.8) is 0 Å². The normalized spacial score (nSPS) is 17.7. The van der Waals surface area contributed by atoms with Gasteiger partial charge < -0.3 is 20.1 Å². The Morgan fingerprint density at radius 2 is 1.58 bits per heavy atom. The van der Waals surface area contributed by atoms with E-state index in [4.69, 9.17) is 15.2 Å². The zero-order valence-electron chi connectivity index (χ0n) is 15.7. The van der Waals surface area contributed by atoms with E-state index in [1.54, 1.807) is 0 Å². The zero-order chi connectivity index (χ0) is 17.8. The molecule has 142 valence electrons. The van der Waals surface area contributed by atoms with Crippen LogP contribution in [0.1, 0.15) is 38.8 Å². The number of nitrogens with two attached hydrogens (primary N) is 1. The van der Waals surface area contributed by atoms with Crippen LogP contribution in [0.2, 0.25) is 0 Å². The standard InChI is InChI=1S/C21H28N2O2.ClH/c1-15(2)24-19-10-6-18(7-11-19)23-13-12-21(14-23)25-20-8-4-17(5-9-20)16(3)22;/h4-11,15-16,21H,12-14,22H2,1-3H3;1H/t16-,21?;/m0./s1. The minimum atomic E-state index is 0. The van der Waals surface area contributed by atoms with E-state index < -0.39 is 0 Å². The van der Waals surface area contributed by atoms with E-state index in [-0.39, 0.29) is 30.7 Å². The fourth-order valence-corrected chi connectivity index (χ4v) is 3.11. The summed E-state index contributed by atoms with van der Waals surface area (Å²) in [6.45, 7) is 7.97. The summed E-state index contributed by atoms with van der Waals surface area (Å²) in [4.78, 5) is 2.36. The molecule has 26 heavy (non-hydrogen) atoms. The van der Waals surface area contributed by atoms with Crippen molar-refractivity contribution in [1.29, 1.82) is 0 Å². The minimum Gasteiger partial charge on any atom is -0.491 e. The average molecular weight is 377 g/mol. The maximum absolute atomic E-state index is 6.13. The molecule has 1 unspecified atom stereocenters. The predicted octanol–water partition coefficient (Wildman–Crippen LogP) is 4.57. The second kappa shape index (κ2) is 9.15. The molecule has 0 amide bonds. The van der Waals surface area contributed by atoms with Gasteiger partial charge in [-0.3, -0.25) is 0 Å². The van der Waals surface area contributed by atoms with Crippen LogP contribution in [0.4, 0.5) is 5.69 Å². The number of rotatable bonds is 6. The molecular weight excluding hydrogens is 348 g/mol. The molecule has 1 aliphatic rings. The van der Waals surface area contributed by atoms with E-state index in [9.17, 15) is 0 Å². The van der Waals surface area contributed by atoms with Gasteiger partial charge in [0.05, 0.1) is 12.6 Å². The number of hydrogen-bond acceptors (Lipinski definition) is 4. The summed E-state index contributed by atoms with van der Waals surface area (Å²) in [6, 6.07) is 16.5. The van der Waals surface area contributed by atoms with Crippen LogP contribution in [-0.4, -0.2) is 25.3 Å². The van der Waals surface area contributed by atoms with Gasteiger partial charge in [0.25, 0.3) is 0 Å². The van der Waals surface area contributed by atoms with Gasteiger partial charge in [0.2, 0.25) is 0 Å². The minimum absolute atomic E-state index is 0. The highest BCUT2D eigenvalue weighted by Crippen LogP contribution is 2.26. The first kappa shape index (κ1) is 20.4. The Morgan fingerprint density at radius 3 is 2.15 bits per heavy atom. The van der Waals surface area contributed by atoms with Gasteiger partial charge >= 0.3 is 0 Å². The van der Waals surface area contributed by atoms with Crippen molar-refractivity contribution >= 4 is 18.1 Å². The van der Waals surface area contributed by atoms with Crippen LogP contribution >= 0.6 is 12.4 Å². The number of anilines is 1. The molecule has 1 saturated heterocycles. The van der Waals surface area contributed by atoms with Crippen molar-refractivity contribution in [2.75, 3.05) is 18.0 Å². The van der Waals surface area contributed by atoms with Crippen molar-refractivity contribution in [2.45, 2.75) is 45.4 Å². The monoisotopic (exact) mass is 376 g/mol. The predicted molar refractivity (Wildman–Crippen MR) is 110 cm³/mol. The summed E-state index contributed by atoms with van der Waals surface area (Å²) in [7, 11) is 0. The first-order valence-corrected chi connectivity index (χ1v) is 9.05. The van der Waals surface area contributed by atoms with Crippen LogP contribution in [0.15, 0.2) is 48.5 Å². The lowest BCUT2D eigenvalue weighted by Crippen LogP contribution is -2.24. The summed E-state index contributed by atoms with van der Waals surface area (Å²) < 4.78 is 11.8. The Balaban J connectivity index is 0.00000243. The largest absolute Gasteiger partial charge is 0.491 e. The molecule has 1 fully saturated rings. The van der Waals surface area contributed by atoms with Gasteiger partial charge in [0, 0.05) is 24.7 Å². The summed E-state index contributed by atoms with van der Waals surface area (Å²) in [5.41, 5.74) is 8.24. The molecule has 2 atom stereocenters. The summed E-state index contributed by atoms with van der Waals surface area (Å²) >= 11 is 0. The molecule has 0 saturated carbocycles. The van der Waals surface area contributed by atoms with Crippen molar-refractivity contribution in [3.8, 4) is 11.5 Å². The van der Waals surface area contributed by atoms with Crippen molar-refractivity contribution in [3.05, 3.63) is 54.1 Å². The second-order valence-corrected chi connectivity index (χ2v) is 6.99. The molecule has 4 nitrogen and oxygen atoms in total. The Hall–Kier alpha value is -1.91. The van der Waals surface area contributed by atoms with Crippen molar-refractivity contribution in [1.82, 2.24) is 0 Å².